The van der Waals surface area contributed by atoms with Gasteiger partial charge in [-0.25, -0.2) is 0 Å². The predicted molar refractivity (Wildman–Crippen MR) is 96.9 cm³/mol. The third kappa shape index (κ3) is 4.93. The van der Waals surface area contributed by atoms with E-state index in [0.717, 1.165) is 17.7 Å². The number of nitrogens with zero attached hydrogens (tertiary/aromatic N) is 2. The molecule has 2 aromatic carbocycles. The number of halogens is 3. The number of amides is 1. The van der Waals surface area contributed by atoms with Crippen molar-refractivity contribution in [2.45, 2.75) is 13.1 Å². The lowest BCUT2D eigenvalue weighted by Gasteiger charge is -2.36. The lowest BCUT2D eigenvalue weighted by Crippen LogP contribution is -2.50. The molecule has 0 unspecified atom stereocenters. The maximum Gasteiger partial charge on any atom is 0.416 e. The molecule has 7 heteroatoms. The maximum absolute atomic E-state index is 12.9. The molecule has 1 heterocycles. The van der Waals surface area contributed by atoms with Crippen molar-refractivity contribution in [3.05, 3.63) is 59.7 Å². The van der Waals surface area contributed by atoms with E-state index in [2.05, 4.69) is 0 Å². The van der Waals surface area contributed by atoms with Gasteiger partial charge >= 0.3 is 6.18 Å². The number of anilines is 1. The van der Waals surface area contributed by atoms with E-state index in [1.165, 1.54) is 6.07 Å². The molecular weight excluding hydrogens is 357 g/mol. The van der Waals surface area contributed by atoms with Crippen LogP contribution in [0, 0.1) is 6.92 Å². The normalized spacial score (nSPS) is 15.0. The van der Waals surface area contributed by atoms with Gasteiger partial charge in [0.1, 0.15) is 5.75 Å². The minimum absolute atomic E-state index is 0.0490. The summed E-state index contributed by atoms with van der Waals surface area (Å²) in [5.74, 6) is 0.510. The van der Waals surface area contributed by atoms with E-state index in [0.29, 0.717) is 37.6 Å². The van der Waals surface area contributed by atoms with Gasteiger partial charge < -0.3 is 14.5 Å². The van der Waals surface area contributed by atoms with Gasteiger partial charge in [0, 0.05) is 31.9 Å². The average molecular weight is 378 g/mol. The van der Waals surface area contributed by atoms with Crippen LogP contribution in [0.4, 0.5) is 18.9 Å². The summed E-state index contributed by atoms with van der Waals surface area (Å²) in [6.45, 7) is 3.79. The van der Waals surface area contributed by atoms with Crippen LogP contribution in [0.2, 0.25) is 0 Å². The van der Waals surface area contributed by atoms with Crippen LogP contribution in [0.5, 0.6) is 5.75 Å². The van der Waals surface area contributed by atoms with E-state index in [9.17, 15) is 18.0 Å². The number of alkyl halides is 3. The Labute approximate surface area is 156 Å². The molecule has 0 radical (unpaired) electrons. The third-order valence-electron chi connectivity index (χ3n) is 4.55. The van der Waals surface area contributed by atoms with Crippen molar-refractivity contribution in [1.82, 2.24) is 4.90 Å². The van der Waals surface area contributed by atoms with Crippen LogP contribution in [-0.4, -0.2) is 43.6 Å². The summed E-state index contributed by atoms with van der Waals surface area (Å²) < 4.78 is 44.1. The van der Waals surface area contributed by atoms with E-state index in [4.69, 9.17) is 4.74 Å². The number of hydrogen-bond acceptors (Lipinski definition) is 3. The van der Waals surface area contributed by atoms with Crippen LogP contribution in [0.1, 0.15) is 11.1 Å². The highest BCUT2D eigenvalue weighted by molar-refractivity contribution is 5.78. The SMILES string of the molecule is Cc1ccc(OCC(=O)N2CCN(c3cccc(C(F)(F)F)c3)CC2)cc1. The number of benzene rings is 2. The number of hydrogen-bond donors (Lipinski definition) is 0. The van der Waals surface area contributed by atoms with E-state index in [1.807, 2.05) is 36.1 Å². The van der Waals surface area contributed by atoms with Gasteiger partial charge in [0.15, 0.2) is 6.61 Å². The van der Waals surface area contributed by atoms with Crippen molar-refractivity contribution in [2.75, 3.05) is 37.7 Å². The van der Waals surface area contributed by atoms with Crippen molar-refractivity contribution in [3.63, 3.8) is 0 Å². The molecule has 0 N–H and O–H groups in total. The first-order valence-corrected chi connectivity index (χ1v) is 8.72. The number of piperazine rings is 1. The summed E-state index contributed by atoms with van der Waals surface area (Å²) in [5.41, 5.74) is 0.970. The van der Waals surface area contributed by atoms with Crippen LogP contribution in [0.25, 0.3) is 0 Å². The third-order valence-corrected chi connectivity index (χ3v) is 4.55. The van der Waals surface area contributed by atoms with Gasteiger partial charge in [0.05, 0.1) is 5.56 Å². The Hall–Kier alpha value is -2.70. The Morgan fingerprint density at radius 3 is 2.33 bits per heavy atom. The molecule has 3 rings (SSSR count). The zero-order chi connectivity index (χ0) is 19.4. The topological polar surface area (TPSA) is 32.8 Å². The number of rotatable bonds is 4. The van der Waals surface area contributed by atoms with Crippen LogP contribution in [0.3, 0.4) is 0 Å². The minimum atomic E-state index is -4.36. The molecule has 0 atom stereocenters. The average Bonchev–Trinajstić information content (AvgIpc) is 2.67. The van der Waals surface area contributed by atoms with Gasteiger partial charge in [0.25, 0.3) is 5.91 Å². The Bertz CT molecular complexity index is 783. The molecule has 0 aliphatic carbocycles. The number of aryl methyl sites for hydroxylation is 1. The minimum Gasteiger partial charge on any atom is -0.484 e. The molecule has 4 nitrogen and oxygen atoms in total. The van der Waals surface area contributed by atoms with Crippen LogP contribution >= 0.6 is 0 Å². The molecule has 144 valence electrons. The largest absolute Gasteiger partial charge is 0.484 e. The number of carbonyl (C=O) groups is 1. The van der Waals surface area contributed by atoms with Crippen molar-refractivity contribution in [2.24, 2.45) is 0 Å². The van der Waals surface area contributed by atoms with Gasteiger partial charge in [-0.05, 0) is 37.3 Å². The molecule has 0 aromatic heterocycles. The molecule has 0 bridgehead atoms. The quantitative estimate of drug-likeness (QED) is 0.813. The van der Waals surface area contributed by atoms with E-state index < -0.39 is 11.7 Å². The monoisotopic (exact) mass is 378 g/mol. The van der Waals surface area contributed by atoms with E-state index >= 15 is 0 Å². The van der Waals surface area contributed by atoms with Gasteiger partial charge in [-0.15, -0.1) is 0 Å². The molecule has 27 heavy (non-hydrogen) atoms. The van der Waals surface area contributed by atoms with Crippen LogP contribution in [0.15, 0.2) is 48.5 Å². The zero-order valence-electron chi connectivity index (χ0n) is 15.0. The summed E-state index contributed by atoms with van der Waals surface area (Å²) in [6.07, 6.45) is -4.36. The first-order chi connectivity index (χ1) is 12.8. The molecule has 1 aliphatic heterocycles. The molecule has 1 saturated heterocycles. The second kappa shape index (κ2) is 7.90. The van der Waals surface area contributed by atoms with Gasteiger partial charge in [-0.3, -0.25) is 4.79 Å². The molecule has 1 fully saturated rings. The highest BCUT2D eigenvalue weighted by atomic mass is 19.4. The summed E-state index contributed by atoms with van der Waals surface area (Å²) in [5, 5.41) is 0. The summed E-state index contributed by atoms with van der Waals surface area (Å²) in [4.78, 5) is 15.8. The van der Waals surface area contributed by atoms with Crippen LogP contribution in [-0.2, 0) is 11.0 Å². The van der Waals surface area contributed by atoms with Crippen molar-refractivity contribution in [1.29, 1.82) is 0 Å². The fourth-order valence-corrected chi connectivity index (χ4v) is 2.96. The molecular formula is C20H21F3N2O2. The Morgan fingerprint density at radius 2 is 1.70 bits per heavy atom. The summed E-state index contributed by atoms with van der Waals surface area (Å²) >= 11 is 0. The first-order valence-electron chi connectivity index (χ1n) is 8.72. The first kappa shape index (κ1) is 19.1. The maximum atomic E-state index is 12.9. The standard InChI is InChI=1S/C20H21F3N2O2/c1-15-5-7-18(8-6-15)27-14-19(26)25-11-9-24(10-12-25)17-4-2-3-16(13-17)20(21,22)23/h2-8,13H,9-12,14H2,1H3. The lowest BCUT2D eigenvalue weighted by atomic mass is 10.1. The number of carbonyl (C=O) groups excluding carboxylic acids is 1. The lowest BCUT2D eigenvalue weighted by molar-refractivity contribution is -0.137. The second-order valence-electron chi connectivity index (χ2n) is 6.52. The predicted octanol–water partition coefficient (Wildman–Crippen LogP) is 3.74. The molecule has 1 aliphatic rings. The highest BCUT2D eigenvalue weighted by Crippen LogP contribution is 2.31. The van der Waals surface area contributed by atoms with Gasteiger partial charge in [0.2, 0.25) is 0 Å². The van der Waals surface area contributed by atoms with Gasteiger partial charge in [-0.2, -0.15) is 13.2 Å². The van der Waals surface area contributed by atoms with E-state index in [-0.39, 0.29) is 12.5 Å². The Kier molecular flexibility index (Phi) is 5.58. The number of ether oxygens (including phenoxy) is 1. The van der Waals surface area contributed by atoms with E-state index in [1.54, 1.807) is 11.0 Å². The van der Waals surface area contributed by atoms with Crippen LogP contribution < -0.4 is 9.64 Å². The molecule has 0 spiro atoms. The van der Waals surface area contributed by atoms with Crippen molar-refractivity contribution in [3.8, 4) is 5.75 Å². The molecule has 0 saturated carbocycles. The fraction of sp³-hybridized carbons (Fsp3) is 0.350. The summed E-state index contributed by atoms with van der Waals surface area (Å²) in [6, 6.07) is 12.7. The smallest absolute Gasteiger partial charge is 0.416 e. The summed E-state index contributed by atoms with van der Waals surface area (Å²) in [7, 11) is 0. The van der Waals surface area contributed by atoms with Gasteiger partial charge in [-0.1, -0.05) is 23.8 Å². The Morgan fingerprint density at radius 1 is 1.04 bits per heavy atom. The Balaban J connectivity index is 1.52. The molecule has 1 amide bonds. The van der Waals surface area contributed by atoms with Crippen molar-refractivity contribution < 1.29 is 22.7 Å². The fourth-order valence-electron chi connectivity index (χ4n) is 2.96. The zero-order valence-corrected chi connectivity index (χ0v) is 15.0. The second-order valence-corrected chi connectivity index (χ2v) is 6.52. The highest BCUT2D eigenvalue weighted by Gasteiger charge is 2.31. The molecule has 2 aromatic rings. The van der Waals surface area contributed by atoms with Crippen molar-refractivity contribution >= 4 is 11.6 Å².